The molecule has 3 amide bonds. The fourth-order valence-electron chi connectivity index (χ4n) is 3.35. The van der Waals surface area contributed by atoms with E-state index >= 15 is 0 Å². The smallest absolute Gasteiger partial charge is 0.294 e. The third kappa shape index (κ3) is 4.72. The summed E-state index contributed by atoms with van der Waals surface area (Å²) in [5.74, 6) is -0.702. The average molecular weight is 409 g/mol. The van der Waals surface area contributed by atoms with Crippen molar-refractivity contribution in [1.82, 2.24) is 9.80 Å². The van der Waals surface area contributed by atoms with Gasteiger partial charge in [0.25, 0.3) is 11.1 Å². The number of thioether (sulfide) groups is 1. The number of nitrogens with zero attached hydrogens (tertiary/aromatic N) is 2. The number of piperidine rings is 1. The van der Waals surface area contributed by atoms with Gasteiger partial charge in [0.05, 0.1) is 4.91 Å². The molecule has 8 heteroatoms. The third-order valence-electron chi connectivity index (χ3n) is 4.74. The van der Waals surface area contributed by atoms with Crippen molar-refractivity contribution in [1.29, 1.82) is 0 Å². The van der Waals surface area contributed by atoms with Crippen LogP contribution in [0.15, 0.2) is 29.2 Å². The highest BCUT2D eigenvalue weighted by atomic mass is 35.5. The number of benzene rings is 1. The number of halogens is 1. The lowest BCUT2D eigenvalue weighted by Gasteiger charge is -2.36. The predicted molar refractivity (Wildman–Crippen MR) is 105 cm³/mol. The first-order chi connectivity index (χ1) is 13.0. The zero-order valence-corrected chi connectivity index (χ0v) is 16.3. The summed E-state index contributed by atoms with van der Waals surface area (Å²) < 4.78 is 0. The van der Waals surface area contributed by atoms with E-state index < -0.39 is 11.1 Å². The molecule has 0 spiro atoms. The SMILES string of the molecule is O=C1SC(=Cc2ccc(Cl)cc2)C(=O)N1CC(=O)N1CCCCC1CCO. The minimum atomic E-state index is -0.455. The molecule has 1 unspecified atom stereocenters. The third-order valence-corrected chi connectivity index (χ3v) is 5.90. The summed E-state index contributed by atoms with van der Waals surface area (Å²) >= 11 is 6.69. The van der Waals surface area contributed by atoms with Crippen LogP contribution in [0.5, 0.6) is 0 Å². The van der Waals surface area contributed by atoms with Gasteiger partial charge in [-0.2, -0.15) is 0 Å². The fourth-order valence-corrected chi connectivity index (χ4v) is 4.32. The van der Waals surface area contributed by atoms with Gasteiger partial charge in [0.15, 0.2) is 0 Å². The van der Waals surface area contributed by atoms with E-state index in [0.717, 1.165) is 41.5 Å². The minimum absolute atomic E-state index is 0.0137. The number of imide groups is 1. The minimum Gasteiger partial charge on any atom is -0.396 e. The second kappa shape index (κ2) is 8.91. The molecule has 2 heterocycles. The highest BCUT2D eigenvalue weighted by molar-refractivity contribution is 8.18. The second-order valence-electron chi connectivity index (χ2n) is 6.57. The molecule has 0 bridgehead atoms. The van der Waals surface area contributed by atoms with E-state index in [2.05, 4.69) is 0 Å². The van der Waals surface area contributed by atoms with Crippen molar-refractivity contribution in [3.8, 4) is 0 Å². The second-order valence-corrected chi connectivity index (χ2v) is 8.00. The highest BCUT2D eigenvalue weighted by Crippen LogP contribution is 2.32. The normalized spacial score (nSPS) is 22.0. The molecule has 1 aromatic carbocycles. The van der Waals surface area contributed by atoms with Crippen molar-refractivity contribution in [3.05, 3.63) is 39.8 Å². The quantitative estimate of drug-likeness (QED) is 0.757. The Labute approximate surface area is 167 Å². The molecule has 144 valence electrons. The molecule has 6 nitrogen and oxygen atoms in total. The zero-order valence-electron chi connectivity index (χ0n) is 14.8. The largest absolute Gasteiger partial charge is 0.396 e. The van der Waals surface area contributed by atoms with Crippen LogP contribution in [-0.2, 0) is 9.59 Å². The maximum atomic E-state index is 12.7. The van der Waals surface area contributed by atoms with Crippen LogP contribution >= 0.6 is 23.4 Å². The van der Waals surface area contributed by atoms with Crippen molar-refractivity contribution in [2.75, 3.05) is 19.7 Å². The summed E-state index contributed by atoms with van der Waals surface area (Å²) in [6, 6.07) is 6.90. The first-order valence-electron chi connectivity index (χ1n) is 8.91. The van der Waals surface area contributed by atoms with Crippen LogP contribution < -0.4 is 0 Å². The fraction of sp³-hybridized carbons (Fsp3) is 0.421. The molecule has 0 radical (unpaired) electrons. The Kier molecular flexibility index (Phi) is 6.57. The lowest BCUT2D eigenvalue weighted by molar-refractivity contribution is -0.139. The van der Waals surface area contributed by atoms with Gasteiger partial charge < -0.3 is 10.0 Å². The standard InChI is InChI=1S/C19H21ClN2O4S/c20-14-6-4-13(5-7-14)11-16-18(25)22(19(26)27-16)12-17(24)21-9-2-1-3-15(21)8-10-23/h4-7,11,15,23H,1-3,8-10,12H2. The number of aliphatic hydroxyl groups excluding tert-OH is 1. The van der Waals surface area contributed by atoms with Gasteiger partial charge in [-0.1, -0.05) is 23.7 Å². The molecule has 2 aliphatic rings. The Morgan fingerprint density at radius 3 is 2.70 bits per heavy atom. The summed E-state index contributed by atoms with van der Waals surface area (Å²) in [6.45, 7) is 0.352. The summed E-state index contributed by atoms with van der Waals surface area (Å²) in [7, 11) is 0. The number of carbonyl (C=O) groups excluding carboxylic acids is 3. The van der Waals surface area contributed by atoms with Gasteiger partial charge in [0.1, 0.15) is 6.54 Å². The van der Waals surface area contributed by atoms with E-state index in [1.807, 2.05) is 0 Å². The Morgan fingerprint density at radius 1 is 1.26 bits per heavy atom. The molecule has 1 aromatic rings. The van der Waals surface area contributed by atoms with E-state index in [4.69, 9.17) is 11.6 Å². The predicted octanol–water partition coefficient (Wildman–Crippen LogP) is 3.14. The van der Waals surface area contributed by atoms with Gasteiger partial charge >= 0.3 is 0 Å². The lowest BCUT2D eigenvalue weighted by Crippen LogP contribution is -2.49. The first-order valence-corrected chi connectivity index (χ1v) is 10.1. The van der Waals surface area contributed by atoms with E-state index in [0.29, 0.717) is 22.9 Å². The molecule has 2 fully saturated rings. The number of carbonyl (C=O) groups is 3. The van der Waals surface area contributed by atoms with E-state index in [9.17, 15) is 19.5 Å². The molecule has 2 aliphatic heterocycles. The molecular formula is C19H21ClN2O4S. The molecule has 1 N–H and O–H groups in total. The van der Waals surface area contributed by atoms with Crippen molar-refractivity contribution < 1.29 is 19.5 Å². The molecule has 27 heavy (non-hydrogen) atoms. The molecule has 3 rings (SSSR count). The van der Waals surface area contributed by atoms with Crippen LogP contribution in [0.1, 0.15) is 31.2 Å². The molecular weight excluding hydrogens is 388 g/mol. The van der Waals surface area contributed by atoms with Crippen molar-refractivity contribution in [2.24, 2.45) is 0 Å². The van der Waals surface area contributed by atoms with Crippen LogP contribution in [-0.4, -0.2) is 57.7 Å². The Bertz CT molecular complexity index is 763. The Hall–Kier alpha value is -1.83. The van der Waals surface area contributed by atoms with Gasteiger partial charge in [-0.3, -0.25) is 19.3 Å². The van der Waals surface area contributed by atoms with Gasteiger partial charge in [-0.15, -0.1) is 0 Å². The number of hydrogen-bond acceptors (Lipinski definition) is 5. The molecule has 2 saturated heterocycles. The number of rotatable bonds is 5. The molecule has 1 atom stereocenters. The van der Waals surface area contributed by atoms with Gasteiger partial charge in [0, 0.05) is 24.2 Å². The number of aliphatic hydroxyl groups is 1. The average Bonchev–Trinajstić information content (AvgIpc) is 2.91. The summed E-state index contributed by atoms with van der Waals surface area (Å²) in [5, 5.41) is 9.35. The summed E-state index contributed by atoms with van der Waals surface area (Å²) in [5.41, 5.74) is 0.760. The number of likely N-dealkylation sites (tertiary alicyclic amines) is 1. The monoisotopic (exact) mass is 408 g/mol. The summed E-state index contributed by atoms with van der Waals surface area (Å²) in [4.78, 5) is 40.5. The molecule has 0 saturated carbocycles. The van der Waals surface area contributed by atoms with Crippen molar-refractivity contribution in [2.45, 2.75) is 31.7 Å². The van der Waals surface area contributed by atoms with Gasteiger partial charge in [-0.05, 0) is 61.2 Å². The van der Waals surface area contributed by atoms with E-state index in [1.54, 1.807) is 35.2 Å². The first kappa shape index (κ1) is 19.9. The molecule has 0 aliphatic carbocycles. The van der Waals surface area contributed by atoms with Crippen LogP contribution in [0.3, 0.4) is 0 Å². The number of amides is 3. The van der Waals surface area contributed by atoms with E-state index in [1.165, 1.54) is 0 Å². The highest BCUT2D eigenvalue weighted by Gasteiger charge is 2.38. The Balaban J connectivity index is 1.69. The van der Waals surface area contributed by atoms with Crippen LogP contribution in [0.2, 0.25) is 5.02 Å². The van der Waals surface area contributed by atoms with Crippen molar-refractivity contribution in [3.63, 3.8) is 0 Å². The van der Waals surface area contributed by atoms with Crippen LogP contribution in [0.25, 0.3) is 6.08 Å². The van der Waals surface area contributed by atoms with Gasteiger partial charge in [0.2, 0.25) is 5.91 Å². The number of hydrogen-bond donors (Lipinski definition) is 1. The van der Waals surface area contributed by atoms with Crippen LogP contribution in [0.4, 0.5) is 4.79 Å². The van der Waals surface area contributed by atoms with E-state index in [-0.39, 0.29) is 25.1 Å². The van der Waals surface area contributed by atoms with Crippen LogP contribution in [0, 0.1) is 0 Å². The zero-order chi connectivity index (χ0) is 19.4. The molecule has 0 aromatic heterocycles. The Morgan fingerprint density at radius 2 is 2.00 bits per heavy atom. The lowest BCUT2D eigenvalue weighted by atomic mass is 9.99. The maximum Gasteiger partial charge on any atom is 0.294 e. The maximum absolute atomic E-state index is 12.7. The summed E-state index contributed by atoms with van der Waals surface area (Å²) in [6.07, 6.45) is 4.89. The van der Waals surface area contributed by atoms with Crippen molar-refractivity contribution >= 4 is 46.5 Å². The van der Waals surface area contributed by atoms with Gasteiger partial charge in [-0.25, -0.2) is 0 Å². The topological polar surface area (TPSA) is 77.9 Å².